The molecule has 0 spiro atoms. The summed E-state index contributed by atoms with van der Waals surface area (Å²) in [6.45, 7) is 6.14. The number of carboxylic acids is 1. The lowest BCUT2D eigenvalue weighted by Crippen LogP contribution is -2.38. The van der Waals surface area contributed by atoms with Gasteiger partial charge in [0.1, 0.15) is 0 Å². The van der Waals surface area contributed by atoms with Gasteiger partial charge in [-0.3, -0.25) is 0 Å². The fourth-order valence-electron chi connectivity index (χ4n) is 3.08. The number of hydrogen-bond acceptors (Lipinski definition) is 4. The zero-order valence-corrected chi connectivity index (χ0v) is 13.2. The van der Waals surface area contributed by atoms with E-state index in [-0.39, 0.29) is 6.10 Å². The van der Waals surface area contributed by atoms with Crippen LogP contribution in [0, 0.1) is 23.7 Å². The van der Waals surface area contributed by atoms with Crippen molar-refractivity contribution in [1.29, 1.82) is 0 Å². The molecule has 1 aliphatic rings. The number of hydrogen-bond donors (Lipinski definition) is 1. The highest BCUT2D eigenvalue weighted by molar-refractivity contribution is 5.68. The minimum atomic E-state index is -1.13. The number of carbonyl (C=O) groups is 1. The first-order chi connectivity index (χ1) is 9.44. The third kappa shape index (κ3) is 4.74. The summed E-state index contributed by atoms with van der Waals surface area (Å²) in [5.41, 5.74) is 0. The van der Waals surface area contributed by atoms with Gasteiger partial charge in [0.2, 0.25) is 0 Å². The number of carbonyl (C=O) groups excluding carboxylic acids is 1. The number of carboxylic acid groups (broad SMARTS) is 1. The molecule has 1 rings (SSSR count). The average Bonchev–Trinajstić information content (AvgIpc) is 3.13. The molecule has 0 aliphatic heterocycles. The number of aliphatic hydroxyl groups is 1. The number of ether oxygens (including phenoxy) is 1. The zero-order valence-electron chi connectivity index (χ0n) is 13.2. The molecule has 0 bridgehead atoms. The van der Waals surface area contributed by atoms with Gasteiger partial charge in [-0.2, -0.15) is 0 Å². The molecule has 2 unspecified atom stereocenters. The van der Waals surface area contributed by atoms with Crippen molar-refractivity contribution < 1.29 is 19.7 Å². The van der Waals surface area contributed by atoms with Gasteiger partial charge in [0.05, 0.1) is 12.2 Å². The summed E-state index contributed by atoms with van der Waals surface area (Å²) in [5.74, 6) is -0.309. The second-order valence-electron chi connectivity index (χ2n) is 6.29. The molecule has 0 aromatic carbocycles. The maximum absolute atomic E-state index is 10.9. The highest BCUT2D eigenvalue weighted by Gasteiger charge is 2.41. The van der Waals surface area contributed by atoms with E-state index in [0.717, 1.165) is 19.3 Å². The number of aliphatic carboxylic acids is 1. The van der Waals surface area contributed by atoms with E-state index in [1.54, 1.807) is 14.0 Å². The van der Waals surface area contributed by atoms with Crippen LogP contribution in [0.4, 0.5) is 0 Å². The third-order valence-corrected chi connectivity index (χ3v) is 4.94. The Hall–Kier alpha value is -0.610. The van der Waals surface area contributed by atoms with Gasteiger partial charge in [-0.25, -0.2) is 0 Å². The van der Waals surface area contributed by atoms with Crippen LogP contribution in [-0.4, -0.2) is 30.4 Å². The molecule has 0 aromatic heterocycles. The molecule has 118 valence electrons. The van der Waals surface area contributed by atoms with Crippen LogP contribution in [0.5, 0.6) is 0 Å². The second kappa shape index (κ2) is 7.99. The lowest BCUT2D eigenvalue weighted by Gasteiger charge is -2.23. The lowest BCUT2D eigenvalue weighted by molar-refractivity contribution is -0.314. The Morgan fingerprint density at radius 1 is 1.30 bits per heavy atom. The van der Waals surface area contributed by atoms with Crippen LogP contribution in [0.25, 0.3) is 0 Å². The summed E-state index contributed by atoms with van der Waals surface area (Å²) in [6.07, 6.45) is 3.70. The first kappa shape index (κ1) is 17.4. The molecule has 1 aliphatic carbocycles. The number of methoxy groups -OCH3 is 1. The molecule has 1 saturated carbocycles. The van der Waals surface area contributed by atoms with Gasteiger partial charge >= 0.3 is 0 Å². The van der Waals surface area contributed by atoms with Crippen LogP contribution in [-0.2, 0) is 9.53 Å². The van der Waals surface area contributed by atoms with Gasteiger partial charge in [-0.05, 0) is 43.4 Å². The lowest BCUT2D eigenvalue weighted by atomic mass is 9.93. The summed E-state index contributed by atoms with van der Waals surface area (Å²) >= 11 is 0. The molecule has 0 aromatic rings. The van der Waals surface area contributed by atoms with Gasteiger partial charge in [0.15, 0.2) is 0 Å². The summed E-state index contributed by atoms with van der Waals surface area (Å²) < 4.78 is 5.55. The van der Waals surface area contributed by atoms with E-state index in [1.807, 2.05) is 0 Å². The largest absolute Gasteiger partial charge is 0.550 e. The van der Waals surface area contributed by atoms with Gasteiger partial charge in [0.25, 0.3) is 0 Å². The first-order valence-corrected chi connectivity index (χ1v) is 7.86. The van der Waals surface area contributed by atoms with Crippen LogP contribution < -0.4 is 5.11 Å². The van der Waals surface area contributed by atoms with Crippen molar-refractivity contribution in [2.45, 2.75) is 65.1 Å². The fraction of sp³-hybridized carbons (Fsp3) is 0.938. The topological polar surface area (TPSA) is 69.6 Å². The molecular weight excluding hydrogens is 256 g/mol. The van der Waals surface area contributed by atoms with E-state index in [0.29, 0.717) is 30.6 Å². The summed E-state index contributed by atoms with van der Waals surface area (Å²) in [4.78, 5) is 10.9. The molecule has 1 fully saturated rings. The Labute approximate surface area is 122 Å². The first-order valence-electron chi connectivity index (χ1n) is 7.86. The summed E-state index contributed by atoms with van der Waals surface area (Å²) in [7, 11) is 1.76. The molecule has 20 heavy (non-hydrogen) atoms. The fourth-order valence-corrected chi connectivity index (χ4v) is 3.08. The van der Waals surface area contributed by atoms with E-state index in [4.69, 9.17) is 4.74 Å². The van der Waals surface area contributed by atoms with Gasteiger partial charge in [0, 0.05) is 19.0 Å². The molecule has 4 nitrogen and oxygen atoms in total. The van der Waals surface area contributed by atoms with Crippen LogP contribution in [0.15, 0.2) is 0 Å². The SMILES string of the molecule is CC[C@H](C)[C@H](CC1CC1C[C@@H](O)[C@@H](CC)C(=O)[O-])OC. The van der Waals surface area contributed by atoms with E-state index >= 15 is 0 Å². The maximum Gasteiger partial charge on any atom is 0.0623 e. The highest BCUT2D eigenvalue weighted by Crippen LogP contribution is 2.47. The minimum Gasteiger partial charge on any atom is -0.550 e. The smallest absolute Gasteiger partial charge is 0.0623 e. The van der Waals surface area contributed by atoms with E-state index in [1.165, 1.54) is 0 Å². The summed E-state index contributed by atoms with van der Waals surface area (Å²) in [5, 5.41) is 20.9. The Morgan fingerprint density at radius 3 is 2.35 bits per heavy atom. The second-order valence-corrected chi connectivity index (χ2v) is 6.29. The van der Waals surface area contributed by atoms with E-state index in [2.05, 4.69) is 13.8 Å². The van der Waals surface area contributed by atoms with Crippen LogP contribution in [0.3, 0.4) is 0 Å². The van der Waals surface area contributed by atoms with Crippen molar-refractivity contribution >= 4 is 5.97 Å². The molecule has 0 amide bonds. The van der Waals surface area contributed by atoms with Crippen LogP contribution in [0.2, 0.25) is 0 Å². The normalized spacial score (nSPS) is 27.6. The standard InChI is InChI=1S/C16H30O4/c1-5-10(3)15(20-4)9-12-7-11(12)8-14(17)13(6-2)16(18)19/h10-15,17H,5-9H2,1-4H3,(H,18,19)/p-1/t10-,11?,12?,13+,14+,15-/m0/s1. The molecule has 1 N–H and O–H groups in total. The quantitative estimate of drug-likeness (QED) is 0.662. The predicted molar refractivity (Wildman–Crippen MR) is 75.9 cm³/mol. The van der Waals surface area contributed by atoms with E-state index < -0.39 is 18.0 Å². The minimum absolute atomic E-state index is 0.273. The molecular formula is C16H29O4-. The maximum atomic E-state index is 10.9. The Morgan fingerprint density at radius 2 is 1.90 bits per heavy atom. The molecule has 4 heteroatoms. The van der Waals surface area contributed by atoms with Crippen molar-refractivity contribution in [2.24, 2.45) is 23.7 Å². The van der Waals surface area contributed by atoms with Gasteiger partial charge in [-0.1, -0.05) is 27.2 Å². The van der Waals surface area contributed by atoms with Gasteiger partial charge < -0.3 is 19.7 Å². The Kier molecular flexibility index (Phi) is 6.96. The van der Waals surface area contributed by atoms with Crippen molar-refractivity contribution in [2.75, 3.05) is 7.11 Å². The zero-order chi connectivity index (χ0) is 15.3. The molecule has 0 saturated heterocycles. The highest BCUT2D eigenvalue weighted by atomic mass is 16.5. The molecule has 6 atom stereocenters. The van der Waals surface area contributed by atoms with Crippen molar-refractivity contribution in [3.63, 3.8) is 0 Å². The van der Waals surface area contributed by atoms with Gasteiger partial charge in [-0.15, -0.1) is 0 Å². The Bertz CT molecular complexity index is 305. The molecule has 0 radical (unpaired) electrons. The average molecular weight is 285 g/mol. The third-order valence-electron chi connectivity index (χ3n) is 4.94. The van der Waals surface area contributed by atoms with Crippen molar-refractivity contribution in [3.05, 3.63) is 0 Å². The number of aliphatic hydroxyl groups excluding tert-OH is 1. The number of rotatable bonds is 10. The predicted octanol–water partition coefficient (Wildman–Crippen LogP) is 1.60. The Balaban J connectivity index is 2.37. The van der Waals surface area contributed by atoms with E-state index in [9.17, 15) is 15.0 Å². The monoisotopic (exact) mass is 285 g/mol. The van der Waals surface area contributed by atoms with Crippen LogP contribution >= 0.6 is 0 Å². The van der Waals surface area contributed by atoms with Crippen molar-refractivity contribution in [1.82, 2.24) is 0 Å². The summed E-state index contributed by atoms with van der Waals surface area (Å²) in [6, 6.07) is 0. The van der Waals surface area contributed by atoms with Crippen LogP contribution in [0.1, 0.15) is 52.9 Å². The van der Waals surface area contributed by atoms with Crippen molar-refractivity contribution in [3.8, 4) is 0 Å². The molecule has 0 heterocycles.